The fourth-order valence-electron chi connectivity index (χ4n) is 2.59. The molecule has 1 aliphatic rings. The second-order valence-corrected chi connectivity index (χ2v) is 6.46. The van der Waals surface area contributed by atoms with Crippen molar-refractivity contribution in [3.63, 3.8) is 0 Å². The third-order valence-corrected chi connectivity index (χ3v) is 4.02. The molecule has 128 valence electrons. The maximum Gasteiger partial charge on any atom is 0.190 e. The number of unbranched alkanes of at least 4 members (excludes halogenated alkanes) is 3. The van der Waals surface area contributed by atoms with Crippen molar-refractivity contribution in [3.8, 4) is 0 Å². The van der Waals surface area contributed by atoms with Crippen LogP contribution in [0.15, 0.2) is 16.6 Å². The summed E-state index contributed by atoms with van der Waals surface area (Å²) in [6.07, 6.45) is 11.0. The van der Waals surface area contributed by atoms with Crippen molar-refractivity contribution >= 4 is 5.96 Å². The first kappa shape index (κ1) is 19.0. The van der Waals surface area contributed by atoms with Gasteiger partial charge in [0.1, 0.15) is 0 Å². The summed E-state index contributed by atoms with van der Waals surface area (Å²) in [6, 6.07) is 0. The molecule has 0 aromatic rings. The van der Waals surface area contributed by atoms with Gasteiger partial charge >= 0.3 is 0 Å². The number of aliphatic imine (C=N–C) groups is 1. The van der Waals surface area contributed by atoms with Crippen LogP contribution in [-0.2, 0) is 4.74 Å². The van der Waals surface area contributed by atoms with E-state index in [0.29, 0.717) is 0 Å². The summed E-state index contributed by atoms with van der Waals surface area (Å²) in [5.74, 6) is 1.77. The highest BCUT2D eigenvalue weighted by Gasteiger charge is 2.04. The maximum atomic E-state index is 5.32. The van der Waals surface area contributed by atoms with E-state index in [-0.39, 0.29) is 0 Å². The molecule has 0 bridgehead atoms. The standard InChI is InChI=1S/C18H35N3O/c1-16(2)8-6-4-5-7-12-20-18(19-3)21-13-9-17-10-14-22-15-11-17/h10,16H,4-9,11-15H2,1-3H3,(H2,19,20,21). The van der Waals surface area contributed by atoms with Crippen LogP contribution in [0.5, 0.6) is 0 Å². The second kappa shape index (κ2) is 12.5. The van der Waals surface area contributed by atoms with E-state index in [2.05, 4.69) is 35.5 Å². The molecule has 0 radical (unpaired) electrons. The summed E-state index contributed by atoms with van der Waals surface area (Å²) in [4.78, 5) is 4.28. The molecule has 0 aromatic heterocycles. The summed E-state index contributed by atoms with van der Waals surface area (Å²) < 4.78 is 5.32. The van der Waals surface area contributed by atoms with Gasteiger partial charge in [-0.15, -0.1) is 0 Å². The van der Waals surface area contributed by atoms with Crippen molar-refractivity contribution in [2.75, 3.05) is 33.4 Å². The molecule has 0 unspecified atom stereocenters. The molecule has 0 aromatic carbocycles. The smallest absolute Gasteiger partial charge is 0.190 e. The largest absolute Gasteiger partial charge is 0.377 e. The van der Waals surface area contributed by atoms with E-state index in [0.717, 1.165) is 51.0 Å². The van der Waals surface area contributed by atoms with Crippen molar-refractivity contribution in [1.29, 1.82) is 0 Å². The van der Waals surface area contributed by atoms with Gasteiger partial charge in [0.25, 0.3) is 0 Å². The van der Waals surface area contributed by atoms with Crippen LogP contribution in [-0.4, -0.2) is 39.3 Å². The minimum Gasteiger partial charge on any atom is -0.377 e. The third-order valence-electron chi connectivity index (χ3n) is 4.02. The van der Waals surface area contributed by atoms with E-state index < -0.39 is 0 Å². The van der Waals surface area contributed by atoms with Gasteiger partial charge in [0, 0.05) is 20.1 Å². The Labute approximate surface area is 136 Å². The summed E-state index contributed by atoms with van der Waals surface area (Å²) in [5, 5.41) is 6.79. The van der Waals surface area contributed by atoms with Crippen LogP contribution < -0.4 is 10.6 Å². The first-order chi connectivity index (χ1) is 10.7. The third kappa shape index (κ3) is 9.82. The van der Waals surface area contributed by atoms with Crippen molar-refractivity contribution in [2.24, 2.45) is 10.9 Å². The monoisotopic (exact) mass is 309 g/mol. The van der Waals surface area contributed by atoms with Crippen LogP contribution in [0.3, 0.4) is 0 Å². The zero-order chi connectivity index (χ0) is 16.0. The van der Waals surface area contributed by atoms with E-state index in [1.54, 1.807) is 0 Å². The van der Waals surface area contributed by atoms with Crippen molar-refractivity contribution in [1.82, 2.24) is 10.6 Å². The Kier molecular flexibility index (Phi) is 10.8. The lowest BCUT2D eigenvalue weighted by Gasteiger charge is -2.15. The Morgan fingerprint density at radius 3 is 2.64 bits per heavy atom. The average Bonchev–Trinajstić information content (AvgIpc) is 2.53. The van der Waals surface area contributed by atoms with E-state index in [1.807, 2.05) is 7.05 Å². The minimum absolute atomic E-state index is 0.777. The predicted octanol–water partition coefficient (Wildman–Crippen LogP) is 3.49. The normalized spacial score (nSPS) is 15.8. The molecule has 0 saturated carbocycles. The number of nitrogens with zero attached hydrogens (tertiary/aromatic N) is 1. The maximum absolute atomic E-state index is 5.32. The van der Waals surface area contributed by atoms with Crippen LogP contribution in [0.2, 0.25) is 0 Å². The van der Waals surface area contributed by atoms with Crippen molar-refractivity contribution in [2.45, 2.75) is 58.8 Å². The molecule has 1 aliphatic heterocycles. The molecule has 0 aliphatic carbocycles. The Bertz CT molecular complexity index is 337. The Morgan fingerprint density at radius 1 is 1.18 bits per heavy atom. The lowest BCUT2D eigenvalue weighted by molar-refractivity contribution is 0.153. The van der Waals surface area contributed by atoms with Gasteiger partial charge < -0.3 is 15.4 Å². The van der Waals surface area contributed by atoms with Gasteiger partial charge in [-0.1, -0.05) is 51.2 Å². The highest BCUT2D eigenvalue weighted by molar-refractivity contribution is 5.79. The molecule has 22 heavy (non-hydrogen) atoms. The molecule has 4 nitrogen and oxygen atoms in total. The fourth-order valence-corrected chi connectivity index (χ4v) is 2.59. The lowest BCUT2D eigenvalue weighted by atomic mass is 10.0. The predicted molar refractivity (Wildman–Crippen MR) is 95.4 cm³/mol. The van der Waals surface area contributed by atoms with Crippen LogP contribution >= 0.6 is 0 Å². The molecule has 0 amide bonds. The van der Waals surface area contributed by atoms with Gasteiger partial charge in [-0.2, -0.15) is 0 Å². The van der Waals surface area contributed by atoms with Gasteiger partial charge in [-0.3, -0.25) is 4.99 Å². The first-order valence-electron chi connectivity index (χ1n) is 8.92. The highest BCUT2D eigenvalue weighted by Crippen LogP contribution is 2.10. The van der Waals surface area contributed by atoms with Gasteiger partial charge in [-0.25, -0.2) is 0 Å². The molecular formula is C18H35N3O. The molecule has 0 fully saturated rings. The van der Waals surface area contributed by atoms with E-state index in [9.17, 15) is 0 Å². The van der Waals surface area contributed by atoms with Gasteiger partial charge in [0.2, 0.25) is 0 Å². The Balaban J connectivity index is 1.99. The number of hydrogen-bond acceptors (Lipinski definition) is 2. The van der Waals surface area contributed by atoms with Crippen molar-refractivity contribution < 1.29 is 4.74 Å². The average molecular weight is 309 g/mol. The number of guanidine groups is 1. The number of nitrogens with one attached hydrogen (secondary N) is 2. The number of rotatable bonds is 10. The minimum atomic E-state index is 0.777. The van der Waals surface area contributed by atoms with E-state index >= 15 is 0 Å². The van der Waals surface area contributed by atoms with Crippen LogP contribution in [0.4, 0.5) is 0 Å². The number of ether oxygens (including phenoxy) is 1. The molecule has 1 heterocycles. The zero-order valence-corrected chi connectivity index (χ0v) is 14.8. The Hall–Kier alpha value is -1.03. The summed E-state index contributed by atoms with van der Waals surface area (Å²) in [5.41, 5.74) is 1.50. The first-order valence-corrected chi connectivity index (χ1v) is 8.92. The molecule has 1 rings (SSSR count). The second-order valence-electron chi connectivity index (χ2n) is 6.46. The fraction of sp³-hybridized carbons (Fsp3) is 0.833. The molecule has 0 spiro atoms. The summed E-state index contributed by atoms with van der Waals surface area (Å²) in [6.45, 7) is 8.20. The molecule has 4 heteroatoms. The van der Waals surface area contributed by atoms with Crippen molar-refractivity contribution in [3.05, 3.63) is 11.6 Å². The molecular weight excluding hydrogens is 274 g/mol. The Morgan fingerprint density at radius 2 is 1.95 bits per heavy atom. The van der Waals surface area contributed by atoms with E-state index in [1.165, 1.54) is 37.7 Å². The summed E-state index contributed by atoms with van der Waals surface area (Å²) >= 11 is 0. The van der Waals surface area contributed by atoms with Crippen LogP contribution in [0.1, 0.15) is 58.8 Å². The number of hydrogen-bond donors (Lipinski definition) is 2. The SMILES string of the molecule is CN=C(NCCCCCCC(C)C)NCCC1=CCOCC1. The highest BCUT2D eigenvalue weighted by atomic mass is 16.5. The topological polar surface area (TPSA) is 45.7 Å². The lowest BCUT2D eigenvalue weighted by Crippen LogP contribution is -2.38. The summed E-state index contributed by atoms with van der Waals surface area (Å²) in [7, 11) is 1.84. The van der Waals surface area contributed by atoms with Crippen LogP contribution in [0.25, 0.3) is 0 Å². The zero-order valence-electron chi connectivity index (χ0n) is 14.8. The quantitative estimate of drug-likeness (QED) is 0.281. The van der Waals surface area contributed by atoms with Crippen LogP contribution in [0, 0.1) is 5.92 Å². The van der Waals surface area contributed by atoms with Gasteiger partial charge in [0.15, 0.2) is 5.96 Å². The molecule has 0 atom stereocenters. The molecule has 2 N–H and O–H groups in total. The molecule has 0 saturated heterocycles. The van der Waals surface area contributed by atoms with Gasteiger partial charge in [0.05, 0.1) is 13.2 Å². The van der Waals surface area contributed by atoms with E-state index in [4.69, 9.17) is 4.74 Å². The van der Waals surface area contributed by atoms with Gasteiger partial charge in [-0.05, 0) is 25.2 Å².